The van der Waals surface area contributed by atoms with Gasteiger partial charge in [-0.25, -0.2) is 4.52 Å². The van der Waals surface area contributed by atoms with Crippen LogP contribution in [0.5, 0.6) is 0 Å². The topological polar surface area (TPSA) is 158 Å². The molecular weight excluding hydrogens is 596 g/mol. The molecule has 3 N–H and O–H groups in total. The number of nitrogen functional groups attached to an aromatic ring is 1. The Labute approximate surface area is 271 Å². The number of likely N-dealkylation sites (tertiary alicyclic amines) is 1. The zero-order chi connectivity index (χ0) is 33.4. The number of carbonyl (C=O) groups is 3. The number of rotatable bonds is 7. The number of hydrogen-bond acceptors (Lipinski definition) is 8. The lowest BCUT2D eigenvalue weighted by Crippen LogP contribution is -2.40. The summed E-state index contributed by atoms with van der Waals surface area (Å²) in [6, 6.07) is 19.5. The Balaban J connectivity index is 1.28. The molecule has 1 aliphatic rings. The van der Waals surface area contributed by atoms with Gasteiger partial charge in [-0.1, -0.05) is 44.2 Å². The van der Waals surface area contributed by atoms with E-state index in [1.807, 2.05) is 43.0 Å². The van der Waals surface area contributed by atoms with Crippen LogP contribution in [0, 0.1) is 12.8 Å². The molecule has 47 heavy (non-hydrogen) atoms. The van der Waals surface area contributed by atoms with Crippen LogP contribution in [-0.4, -0.2) is 60.2 Å². The average Bonchev–Trinajstić information content (AvgIpc) is 3.46. The molecule has 0 spiro atoms. The van der Waals surface area contributed by atoms with E-state index >= 15 is 0 Å². The number of benzene rings is 2. The summed E-state index contributed by atoms with van der Waals surface area (Å²) in [6.07, 6.45) is 1.57. The summed E-state index contributed by atoms with van der Waals surface area (Å²) in [4.78, 5) is 53.9. The first-order chi connectivity index (χ1) is 22.5. The number of ketones is 1. The van der Waals surface area contributed by atoms with Gasteiger partial charge in [0.15, 0.2) is 11.6 Å². The SMILES string of the molecule is CC(=O)c1cc(C(=O)Nc2ccc(-c3cc(C4CCN(C(=O)C(C)C)CC4)n4nnnc(N)c34)cc2)c(=O)n(-c2ccccc2)c1C. The fourth-order valence-electron chi connectivity index (χ4n) is 6.33. The summed E-state index contributed by atoms with van der Waals surface area (Å²) < 4.78 is 3.12. The molecule has 3 aromatic heterocycles. The number of piperidine rings is 1. The van der Waals surface area contributed by atoms with E-state index in [0.29, 0.717) is 35.7 Å². The quantitative estimate of drug-likeness (QED) is 0.246. The highest BCUT2D eigenvalue weighted by Gasteiger charge is 2.29. The van der Waals surface area contributed by atoms with Crippen LogP contribution in [0.25, 0.3) is 22.3 Å². The number of Topliss-reactive ketones (excluding diaryl/α,β-unsaturated/α-hetero) is 1. The van der Waals surface area contributed by atoms with Gasteiger partial charge in [-0.15, -0.1) is 5.10 Å². The van der Waals surface area contributed by atoms with E-state index < -0.39 is 11.5 Å². The second kappa shape index (κ2) is 12.6. The van der Waals surface area contributed by atoms with Crippen molar-refractivity contribution in [1.29, 1.82) is 0 Å². The minimum Gasteiger partial charge on any atom is -0.380 e. The molecule has 6 rings (SSSR count). The van der Waals surface area contributed by atoms with Crippen molar-refractivity contribution < 1.29 is 14.4 Å². The van der Waals surface area contributed by atoms with Gasteiger partial charge in [0.2, 0.25) is 5.91 Å². The largest absolute Gasteiger partial charge is 0.380 e. The third-order valence-electron chi connectivity index (χ3n) is 8.79. The molecule has 0 bridgehead atoms. The number of pyridine rings is 1. The smallest absolute Gasteiger partial charge is 0.268 e. The Hall–Kier alpha value is -5.65. The standard InChI is InChI=1S/C35H36N8O4/c1-20(2)34(46)41-16-14-24(15-17-41)30-19-28(31-32(36)38-39-40-43(30)31)23-10-12-25(13-11-23)37-33(45)29-18-27(22(4)44)21(3)42(35(29)47)26-8-6-5-7-9-26/h5-13,18-20,24H,14-17H2,1-4H3,(H,37,45)(H2,36,38,40). The van der Waals surface area contributed by atoms with E-state index in [9.17, 15) is 19.2 Å². The summed E-state index contributed by atoms with van der Waals surface area (Å²) in [5.74, 6) is -0.374. The lowest BCUT2D eigenvalue weighted by molar-refractivity contribution is -0.135. The van der Waals surface area contributed by atoms with E-state index in [0.717, 1.165) is 29.7 Å². The van der Waals surface area contributed by atoms with E-state index in [2.05, 4.69) is 20.8 Å². The van der Waals surface area contributed by atoms with Crippen molar-refractivity contribution in [3.05, 3.63) is 99.6 Å². The van der Waals surface area contributed by atoms with Crippen LogP contribution in [0.15, 0.2) is 71.5 Å². The summed E-state index contributed by atoms with van der Waals surface area (Å²) in [5.41, 5.74) is 10.6. The molecule has 2 amide bonds. The van der Waals surface area contributed by atoms with Gasteiger partial charge in [0.25, 0.3) is 11.5 Å². The zero-order valence-corrected chi connectivity index (χ0v) is 26.7. The van der Waals surface area contributed by atoms with Crippen LogP contribution in [0.4, 0.5) is 11.5 Å². The Morgan fingerprint density at radius 2 is 1.64 bits per heavy atom. The summed E-state index contributed by atoms with van der Waals surface area (Å²) >= 11 is 0. The average molecular weight is 633 g/mol. The molecule has 1 saturated heterocycles. The van der Waals surface area contributed by atoms with Crippen LogP contribution >= 0.6 is 0 Å². The fraction of sp³-hybridized carbons (Fsp3) is 0.286. The Morgan fingerprint density at radius 3 is 2.28 bits per heavy atom. The van der Waals surface area contributed by atoms with Crippen molar-refractivity contribution in [2.24, 2.45) is 5.92 Å². The van der Waals surface area contributed by atoms with Crippen LogP contribution in [0.1, 0.15) is 71.6 Å². The van der Waals surface area contributed by atoms with E-state index in [1.54, 1.807) is 47.8 Å². The number of carbonyl (C=O) groups excluding carboxylic acids is 3. The van der Waals surface area contributed by atoms with Gasteiger partial charge in [0, 0.05) is 58.8 Å². The van der Waals surface area contributed by atoms with Gasteiger partial charge in [-0.05, 0) is 79.1 Å². The second-order valence-electron chi connectivity index (χ2n) is 12.2. The molecule has 0 aliphatic carbocycles. The molecule has 0 atom stereocenters. The Bertz CT molecular complexity index is 2060. The van der Waals surface area contributed by atoms with Gasteiger partial charge >= 0.3 is 0 Å². The zero-order valence-electron chi connectivity index (χ0n) is 26.7. The van der Waals surface area contributed by atoms with Gasteiger partial charge < -0.3 is 16.0 Å². The van der Waals surface area contributed by atoms with Crippen molar-refractivity contribution in [3.63, 3.8) is 0 Å². The number of amides is 2. The first-order valence-electron chi connectivity index (χ1n) is 15.6. The molecular formula is C35H36N8O4. The second-order valence-corrected chi connectivity index (χ2v) is 12.2. The van der Waals surface area contributed by atoms with Crippen molar-refractivity contribution in [2.45, 2.75) is 46.5 Å². The first kappa shape index (κ1) is 31.3. The molecule has 1 fully saturated rings. The molecule has 2 aromatic carbocycles. The molecule has 0 radical (unpaired) electrons. The van der Waals surface area contributed by atoms with Crippen molar-refractivity contribution in [2.75, 3.05) is 24.1 Å². The molecule has 0 unspecified atom stereocenters. The van der Waals surface area contributed by atoms with E-state index in [-0.39, 0.29) is 40.5 Å². The van der Waals surface area contributed by atoms with Gasteiger partial charge in [-0.2, -0.15) is 0 Å². The molecule has 12 nitrogen and oxygen atoms in total. The number of fused-ring (bicyclic) bond motifs is 1. The number of anilines is 2. The van der Waals surface area contributed by atoms with Crippen molar-refractivity contribution in [1.82, 2.24) is 29.5 Å². The van der Waals surface area contributed by atoms with Crippen LogP contribution in [-0.2, 0) is 4.79 Å². The highest BCUT2D eigenvalue weighted by molar-refractivity contribution is 6.06. The lowest BCUT2D eigenvalue weighted by atomic mass is 9.92. The minimum atomic E-state index is -0.627. The van der Waals surface area contributed by atoms with Gasteiger partial charge in [0.05, 0.1) is 0 Å². The highest BCUT2D eigenvalue weighted by atomic mass is 16.2. The first-order valence-corrected chi connectivity index (χ1v) is 15.6. The molecule has 4 heterocycles. The number of nitrogens with one attached hydrogen (secondary N) is 1. The Kier molecular flexibility index (Phi) is 8.42. The number of hydrogen-bond donors (Lipinski definition) is 2. The predicted molar refractivity (Wildman–Crippen MR) is 179 cm³/mol. The summed E-state index contributed by atoms with van der Waals surface area (Å²) in [6.45, 7) is 8.25. The molecule has 12 heteroatoms. The number of nitrogens with two attached hydrogens (primary N) is 1. The van der Waals surface area contributed by atoms with Crippen LogP contribution in [0.3, 0.4) is 0 Å². The minimum absolute atomic E-state index is 0.0420. The number of nitrogens with zero attached hydrogens (tertiary/aromatic N) is 6. The maximum absolute atomic E-state index is 13.5. The Morgan fingerprint density at radius 1 is 0.957 bits per heavy atom. The summed E-state index contributed by atoms with van der Waals surface area (Å²) in [5, 5.41) is 14.9. The lowest BCUT2D eigenvalue weighted by Gasteiger charge is -2.32. The molecule has 0 saturated carbocycles. The molecule has 1 aliphatic heterocycles. The monoisotopic (exact) mass is 632 g/mol. The van der Waals surface area contributed by atoms with E-state index in [1.165, 1.54) is 17.6 Å². The normalized spacial score (nSPS) is 13.7. The van der Waals surface area contributed by atoms with Crippen molar-refractivity contribution >= 4 is 34.6 Å². The third kappa shape index (κ3) is 5.89. The molecule has 5 aromatic rings. The summed E-state index contributed by atoms with van der Waals surface area (Å²) in [7, 11) is 0. The highest BCUT2D eigenvalue weighted by Crippen LogP contribution is 2.37. The van der Waals surface area contributed by atoms with Gasteiger partial charge in [0.1, 0.15) is 11.1 Å². The maximum atomic E-state index is 13.5. The van der Waals surface area contributed by atoms with Gasteiger partial charge in [-0.3, -0.25) is 23.7 Å². The van der Waals surface area contributed by atoms with Crippen LogP contribution < -0.4 is 16.6 Å². The predicted octanol–water partition coefficient (Wildman–Crippen LogP) is 4.65. The molecule has 240 valence electrons. The number of aromatic nitrogens is 5. The van der Waals surface area contributed by atoms with Crippen molar-refractivity contribution in [3.8, 4) is 16.8 Å². The maximum Gasteiger partial charge on any atom is 0.268 e. The fourth-order valence-corrected chi connectivity index (χ4v) is 6.33. The van der Waals surface area contributed by atoms with Crippen LogP contribution in [0.2, 0.25) is 0 Å². The third-order valence-corrected chi connectivity index (χ3v) is 8.79. The number of para-hydroxylation sites is 1. The van der Waals surface area contributed by atoms with E-state index in [4.69, 9.17) is 5.73 Å².